The molecule has 2 bridgehead atoms. The third kappa shape index (κ3) is 2.09. The highest BCUT2D eigenvalue weighted by Crippen LogP contribution is 2.64. The topological polar surface area (TPSA) is 63.4 Å². The van der Waals surface area contributed by atoms with Gasteiger partial charge in [0.1, 0.15) is 0 Å². The summed E-state index contributed by atoms with van der Waals surface area (Å²) in [5, 5.41) is 21.3. The SMILES string of the molecule is C=C1[C@@H]([C@H](O)c2ccc([N+](=O)[O-])cc2)C[C@H]2C[C@@H]1C2(C)C. The Morgan fingerprint density at radius 3 is 2.43 bits per heavy atom. The molecule has 4 nitrogen and oxygen atoms in total. The normalized spacial score (nSPS) is 31.4. The van der Waals surface area contributed by atoms with Crippen molar-refractivity contribution in [3.05, 3.63) is 52.1 Å². The zero-order chi connectivity index (χ0) is 15.4. The van der Waals surface area contributed by atoms with Crippen LogP contribution in [0.2, 0.25) is 0 Å². The number of nitro groups is 1. The number of aliphatic hydroxyl groups excluding tert-OH is 1. The van der Waals surface area contributed by atoms with Gasteiger partial charge in [0.25, 0.3) is 5.69 Å². The molecule has 0 saturated heterocycles. The van der Waals surface area contributed by atoms with Crippen LogP contribution in [-0.2, 0) is 0 Å². The van der Waals surface area contributed by atoms with Crippen LogP contribution in [0.1, 0.15) is 38.4 Å². The summed E-state index contributed by atoms with van der Waals surface area (Å²) in [6.45, 7) is 8.80. The molecule has 4 heteroatoms. The van der Waals surface area contributed by atoms with Gasteiger partial charge in [-0.1, -0.05) is 26.0 Å². The number of benzene rings is 1. The van der Waals surface area contributed by atoms with E-state index < -0.39 is 11.0 Å². The first-order valence-corrected chi connectivity index (χ1v) is 7.43. The number of nitrogens with zero attached hydrogens (tertiary/aromatic N) is 1. The van der Waals surface area contributed by atoms with Crippen molar-refractivity contribution >= 4 is 5.69 Å². The van der Waals surface area contributed by atoms with Crippen LogP contribution in [0.25, 0.3) is 0 Å². The van der Waals surface area contributed by atoms with Gasteiger partial charge in [-0.05, 0) is 47.8 Å². The summed E-state index contributed by atoms with van der Waals surface area (Å²) in [6.07, 6.45) is 1.54. The van der Waals surface area contributed by atoms with Gasteiger partial charge in [0.2, 0.25) is 0 Å². The summed E-state index contributed by atoms with van der Waals surface area (Å²) in [7, 11) is 0. The molecule has 0 amide bonds. The molecule has 0 radical (unpaired) electrons. The number of fused-ring (bicyclic) bond motifs is 2. The number of rotatable bonds is 3. The molecule has 4 rings (SSSR count). The summed E-state index contributed by atoms with van der Waals surface area (Å²) >= 11 is 0. The molecule has 1 aromatic rings. The first-order chi connectivity index (χ1) is 9.82. The van der Waals surface area contributed by atoms with Crippen LogP contribution in [0.3, 0.4) is 0 Å². The smallest absolute Gasteiger partial charge is 0.269 e. The van der Waals surface area contributed by atoms with Gasteiger partial charge < -0.3 is 5.11 Å². The molecule has 1 N–H and O–H groups in total. The second kappa shape index (κ2) is 4.67. The zero-order valence-electron chi connectivity index (χ0n) is 12.5. The van der Waals surface area contributed by atoms with E-state index in [0.717, 1.165) is 17.6 Å². The molecule has 0 spiro atoms. The van der Waals surface area contributed by atoms with Crippen molar-refractivity contribution in [1.82, 2.24) is 0 Å². The highest BCUT2D eigenvalue weighted by molar-refractivity contribution is 5.35. The summed E-state index contributed by atoms with van der Waals surface area (Å²) in [4.78, 5) is 10.3. The van der Waals surface area contributed by atoms with Crippen LogP contribution >= 0.6 is 0 Å². The highest BCUT2D eigenvalue weighted by atomic mass is 16.6. The third-order valence-corrected chi connectivity index (χ3v) is 5.76. The van der Waals surface area contributed by atoms with Gasteiger partial charge in [-0.3, -0.25) is 10.1 Å². The molecule has 0 unspecified atom stereocenters. The van der Waals surface area contributed by atoms with Crippen LogP contribution in [0, 0.1) is 33.3 Å². The molecule has 0 aromatic heterocycles. The Kier molecular flexibility index (Phi) is 3.17. The van der Waals surface area contributed by atoms with Gasteiger partial charge in [-0.2, -0.15) is 0 Å². The lowest BCUT2D eigenvalue weighted by Gasteiger charge is -2.60. The predicted molar refractivity (Wildman–Crippen MR) is 80.7 cm³/mol. The van der Waals surface area contributed by atoms with E-state index in [1.807, 2.05) is 0 Å². The molecule has 3 aliphatic carbocycles. The van der Waals surface area contributed by atoms with Crippen molar-refractivity contribution < 1.29 is 10.0 Å². The fourth-order valence-electron chi connectivity index (χ4n) is 4.12. The molecule has 21 heavy (non-hydrogen) atoms. The molecule has 3 fully saturated rings. The standard InChI is InChI=1S/C17H21NO3/c1-10-14(8-12-9-15(10)17(12,2)3)16(19)11-4-6-13(7-5-11)18(20)21/h4-7,12,14-16,19H,1,8-9H2,2-3H3/t12-,14-,15-,16+/m0/s1. The van der Waals surface area contributed by atoms with E-state index in [1.54, 1.807) is 12.1 Å². The van der Waals surface area contributed by atoms with E-state index in [-0.39, 0.29) is 11.6 Å². The molecule has 3 aliphatic rings. The Labute approximate surface area is 124 Å². The maximum absolute atomic E-state index is 10.7. The monoisotopic (exact) mass is 287 g/mol. The maximum Gasteiger partial charge on any atom is 0.269 e. The van der Waals surface area contributed by atoms with E-state index in [0.29, 0.717) is 17.3 Å². The fraction of sp³-hybridized carbons (Fsp3) is 0.529. The van der Waals surface area contributed by atoms with Crippen LogP contribution in [0.5, 0.6) is 0 Å². The van der Waals surface area contributed by atoms with Gasteiger partial charge in [0.05, 0.1) is 11.0 Å². The lowest BCUT2D eigenvalue weighted by Crippen LogP contribution is -2.52. The summed E-state index contributed by atoms with van der Waals surface area (Å²) < 4.78 is 0. The Balaban J connectivity index is 1.79. The Morgan fingerprint density at radius 1 is 1.33 bits per heavy atom. The van der Waals surface area contributed by atoms with Crippen molar-refractivity contribution in [3.63, 3.8) is 0 Å². The van der Waals surface area contributed by atoms with Crippen molar-refractivity contribution in [2.75, 3.05) is 0 Å². The first kappa shape index (κ1) is 14.3. The quantitative estimate of drug-likeness (QED) is 0.521. The largest absolute Gasteiger partial charge is 0.388 e. The number of hydrogen-bond acceptors (Lipinski definition) is 3. The van der Waals surface area contributed by atoms with E-state index in [9.17, 15) is 15.2 Å². The number of nitro benzene ring substituents is 1. The third-order valence-electron chi connectivity index (χ3n) is 5.76. The van der Waals surface area contributed by atoms with Gasteiger partial charge in [0.15, 0.2) is 0 Å². The molecular formula is C17H21NO3. The van der Waals surface area contributed by atoms with Gasteiger partial charge in [0, 0.05) is 18.1 Å². The van der Waals surface area contributed by atoms with Crippen molar-refractivity contribution in [3.8, 4) is 0 Å². The average Bonchev–Trinajstić information content (AvgIpc) is 2.46. The summed E-state index contributed by atoms with van der Waals surface area (Å²) in [6, 6.07) is 6.21. The number of aliphatic hydroxyl groups is 1. The highest BCUT2D eigenvalue weighted by Gasteiger charge is 2.55. The minimum absolute atomic E-state index is 0.0531. The minimum Gasteiger partial charge on any atom is -0.388 e. The Bertz CT molecular complexity index is 591. The predicted octanol–water partition coefficient (Wildman–Crippen LogP) is 3.87. The van der Waals surface area contributed by atoms with Crippen LogP contribution in [0.15, 0.2) is 36.4 Å². The summed E-state index contributed by atoms with van der Waals surface area (Å²) in [5.41, 5.74) is 2.25. The molecule has 0 heterocycles. The molecular weight excluding hydrogens is 266 g/mol. The molecule has 4 atom stereocenters. The van der Waals surface area contributed by atoms with Crippen LogP contribution in [-0.4, -0.2) is 10.0 Å². The van der Waals surface area contributed by atoms with Crippen LogP contribution < -0.4 is 0 Å². The van der Waals surface area contributed by atoms with E-state index in [4.69, 9.17) is 0 Å². The molecule has 3 saturated carbocycles. The Hall–Kier alpha value is -1.68. The fourth-order valence-corrected chi connectivity index (χ4v) is 4.12. The lowest BCUT2D eigenvalue weighted by atomic mass is 9.44. The van der Waals surface area contributed by atoms with Crippen molar-refractivity contribution in [1.29, 1.82) is 0 Å². The van der Waals surface area contributed by atoms with Gasteiger partial charge >= 0.3 is 0 Å². The Morgan fingerprint density at radius 2 is 1.95 bits per heavy atom. The van der Waals surface area contributed by atoms with Gasteiger partial charge in [-0.15, -0.1) is 0 Å². The van der Waals surface area contributed by atoms with E-state index in [2.05, 4.69) is 20.4 Å². The molecule has 1 aromatic carbocycles. The van der Waals surface area contributed by atoms with E-state index in [1.165, 1.54) is 18.6 Å². The van der Waals surface area contributed by atoms with Gasteiger partial charge in [-0.25, -0.2) is 0 Å². The number of hydrogen-bond donors (Lipinski definition) is 1. The van der Waals surface area contributed by atoms with Crippen molar-refractivity contribution in [2.45, 2.75) is 32.8 Å². The van der Waals surface area contributed by atoms with Crippen molar-refractivity contribution in [2.24, 2.45) is 23.2 Å². The number of non-ortho nitro benzene ring substituents is 1. The minimum atomic E-state index is -0.611. The van der Waals surface area contributed by atoms with Crippen LogP contribution in [0.4, 0.5) is 5.69 Å². The summed E-state index contributed by atoms with van der Waals surface area (Å²) in [5.74, 6) is 1.21. The molecule has 112 valence electrons. The zero-order valence-corrected chi connectivity index (χ0v) is 12.5. The second-order valence-electron chi connectivity index (χ2n) is 7.02. The lowest BCUT2D eigenvalue weighted by molar-refractivity contribution is -0.384. The average molecular weight is 287 g/mol. The maximum atomic E-state index is 10.7. The molecule has 0 aliphatic heterocycles. The van der Waals surface area contributed by atoms with E-state index >= 15 is 0 Å². The second-order valence-corrected chi connectivity index (χ2v) is 7.02. The first-order valence-electron chi connectivity index (χ1n) is 7.43.